The molecule has 1 aliphatic heterocycles. The molecule has 0 radical (unpaired) electrons. The summed E-state index contributed by atoms with van der Waals surface area (Å²) in [5, 5.41) is 11.5. The van der Waals surface area contributed by atoms with Crippen LogP contribution in [0.1, 0.15) is 17.5 Å². The Balaban J connectivity index is 1.95. The number of carbonyl (C=O) groups excluding carboxylic acids is 1. The highest BCUT2D eigenvalue weighted by Crippen LogP contribution is 2.18. The van der Waals surface area contributed by atoms with Gasteiger partial charge in [-0.3, -0.25) is 0 Å². The molecule has 21 heavy (non-hydrogen) atoms. The second-order valence-corrected chi connectivity index (χ2v) is 5.04. The number of aliphatic carboxylic acids is 1. The van der Waals surface area contributed by atoms with Gasteiger partial charge in [-0.2, -0.15) is 0 Å². The molecule has 1 unspecified atom stereocenters. The average Bonchev–Trinajstić information content (AvgIpc) is 2.69. The van der Waals surface area contributed by atoms with Crippen molar-refractivity contribution in [2.24, 2.45) is 0 Å². The molecule has 0 aliphatic carbocycles. The van der Waals surface area contributed by atoms with E-state index in [-0.39, 0.29) is 12.6 Å². The molecular weight excluding hydrogens is 272 g/mol. The van der Waals surface area contributed by atoms with Gasteiger partial charge in [0.05, 0.1) is 6.54 Å². The molecule has 6 nitrogen and oxygen atoms in total. The van der Waals surface area contributed by atoms with E-state index in [9.17, 15) is 9.59 Å². The van der Waals surface area contributed by atoms with E-state index in [1.807, 2.05) is 18.2 Å². The van der Waals surface area contributed by atoms with Gasteiger partial charge in [-0.1, -0.05) is 24.3 Å². The molecule has 0 aromatic heterocycles. The Morgan fingerprint density at radius 2 is 2.10 bits per heavy atom. The van der Waals surface area contributed by atoms with Crippen molar-refractivity contribution in [3.63, 3.8) is 0 Å². The van der Waals surface area contributed by atoms with Crippen LogP contribution in [0.25, 0.3) is 0 Å². The fraction of sp³-hybridized carbons (Fsp3) is 0.467. The van der Waals surface area contributed by atoms with Gasteiger partial charge in [-0.15, -0.1) is 0 Å². The summed E-state index contributed by atoms with van der Waals surface area (Å²) >= 11 is 0. The summed E-state index contributed by atoms with van der Waals surface area (Å²) in [6, 6.07) is 7.82. The van der Waals surface area contributed by atoms with Gasteiger partial charge in [0.1, 0.15) is 0 Å². The first-order chi connectivity index (χ1) is 10.1. The third-order valence-electron chi connectivity index (χ3n) is 3.64. The predicted octanol–water partition coefficient (Wildman–Crippen LogP) is 1.24. The zero-order valence-electron chi connectivity index (χ0n) is 12.0. The monoisotopic (exact) mass is 292 g/mol. The lowest BCUT2D eigenvalue weighted by Gasteiger charge is -2.22. The third-order valence-corrected chi connectivity index (χ3v) is 3.64. The summed E-state index contributed by atoms with van der Waals surface area (Å²) in [6.07, 6.45) is 0.834. The predicted molar refractivity (Wildman–Crippen MR) is 77.0 cm³/mol. The first-order valence-corrected chi connectivity index (χ1v) is 6.97. The number of rotatable bonds is 4. The van der Waals surface area contributed by atoms with E-state index in [1.54, 1.807) is 4.90 Å². The smallest absolute Gasteiger partial charge is 0.334 e. The average molecular weight is 292 g/mol. The van der Waals surface area contributed by atoms with E-state index >= 15 is 0 Å². The molecule has 2 N–H and O–H groups in total. The van der Waals surface area contributed by atoms with Crippen molar-refractivity contribution >= 4 is 12.0 Å². The van der Waals surface area contributed by atoms with Gasteiger partial charge in [0, 0.05) is 20.2 Å². The number of carbonyl (C=O) groups is 2. The molecule has 1 aliphatic rings. The summed E-state index contributed by atoms with van der Waals surface area (Å²) in [7, 11) is 1.31. The minimum atomic E-state index is -1.08. The van der Waals surface area contributed by atoms with Gasteiger partial charge in [0.25, 0.3) is 0 Å². The first kappa shape index (κ1) is 15.3. The largest absolute Gasteiger partial charge is 0.479 e. The Kier molecular flexibility index (Phi) is 5.16. The number of benzene rings is 1. The lowest BCUT2D eigenvalue weighted by Crippen LogP contribution is -2.44. The maximum Gasteiger partial charge on any atom is 0.334 e. The number of urea groups is 1. The molecule has 2 amide bonds. The minimum Gasteiger partial charge on any atom is -0.479 e. The van der Waals surface area contributed by atoms with E-state index in [2.05, 4.69) is 11.4 Å². The number of ether oxygens (including phenoxy) is 1. The van der Waals surface area contributed by atoms with Crippen LogP contribution in [0, 0.1) is 0 Å². The van der Waals surface area contributed by atoms with Crippen molar-refractivity contribution < 1.29 is 19.4 Å². The van der Waals surface area contributed by atoms with Crippen LogP contribution in [-0.4, -0.2) is 48.3 Å². The second kappa shape index (κ2) is 7.08. The number of hydrogen-bond acceptors (Lipinski definition) is 3. The molecule has 0 spiro atoms. The molecule has 6 heteroatoms. The number of aryl methyl sites for hydroxylation is 1. The van der Waals surface area contributed by atoms with E-state index in [1.165, 1.54) is 12.7 Å². The highest BCUT2D eigenvalue weighted by molar-refractivity contribution is 5.77. The summed E-state index contributed by atoms with van der Waals surface area (Å²) < 4.78 is 4.80. The van der Waals surface area contributed by atoms with Crippen LogP contribution in [0.4, 0.5) is 4.79 Å². The Labute approximate surface area is 123 Å². The summed E-state index contributed by atoms with van der Waals surface area (Å²) in [5.41, 5.74) is 2.42. The molecule has 0 bridgehead atoms. The quantitative estimate of drug-likeness (QED) is 0.875. The molecule has 1 heterocycles. The lowest BCUT2D eigenvalue weighted by atomic mass is 10.0. The maximum absolute atomic E-state index is 12.2. The molecule has 1 atom stereocenters. The number of methoxy groups -OCH3 is 1. The van der Waals surface area contributed by atoms with E-state index < -0.39 is 12.1 Å². The van der Waals surface area contributed by atoms with Gasteiger partial charge in [-0.05, 0) is 24.0 Å². The van der Waals surface area contributed by atoms with Crippen LogP contribution < -0.4 is 5.32 Å². The maximum atomic E-state index is 12.2. The van der Waals surface area contributed by atoms with Crippen LogP contribution in [-0.2, 0) is 22.5 Å². The van der Waals surface area contributed by atoms with E-state index in [0.29, 0.717) is 13.1 Å². The van der Waals surface area contributed by atoms with E-state index in [4.69, 9.17) is 9.84 Å². The zero-order chi connectivity index (χ0) is 15.2. The van der Waals surface area contributed by atoms with Crippen molar-refractivity contribution in [2.45, 2.75) is 25.5 Å². The number of hydrogen-bond donors (Lipinski definition) is 2. The second-order valence-electron chi connectivity index (χ2n) is 5.04. The third kappa shape index (κ3) is 3.95. The molecule has 0 saturated carbocycles. The van der Waals surface area contributed by atoms with Crippen LogP contribution in [0.15, 0.2) is 24.3 Å². The number of carboxylic acid groups (broad SMARTS) is 1. The van der Waals surface area contributed by atoms with Crippen molar-refractivity contribution in [1.29, 1.82) is 0 Å². The molecule has 0 fully saturated rings. The van der Waals surface area contributed by atoms with Crippen LogP contribution in [0.5, 0.6) is 0 Å². The van der Waals surface area contributed by atoms with Gasteiger partial charge < -0.3 is 20.1 Å². The van der Waals surface area contributed by atoms with Gasteiger partial charge in [-0.25, -0.2) is 9.59 Å². The summed E-state index contributed by atoms with van der Waals surface area (Å²) in [4.78, 5) is 24.7. The first-order valence-electron chi connectivity index (χ1n) is 6.97. The van der Waals surface area contributed by atoms with Gasteiger partial charge in [0.2, 0.25) is 0 Å². The van der Waals surface area contributed by atoms with Crippen LogP contribution in [0.3, 0.4) is 0 Å². The molecule has 114 valence electrons. The number of nitrogens with one attached hydrogen (secondary N) is 1. The Morgan fingerprint density at radius 3 is 2.76 bits per heavy atom. The van der Waals surface area contributed by atoms with Gasteiger partial charge in [0.15, 0.2) is 6.10 Å². The topological polar surface area (TPSA) is 78.9 Å². The summed E-state index contributed by atoms with van der Waals surface area (Å²) in [6.45, 7) is 1.17. The van der Waals surface area contributed by atoms with Crippen molar-refractivity contribution in [3.05, 3.63) is 35.4 Å². The molecular formula is C15H20N2O4. The number of fused-ring (bicyclic) bond motifs is 1. The zero-order valence-corrected chi connectivity index (χ0v) is 12.0. The molecule has 0 saturated heterocycles. The van der Waals surface area contributed by atoms with Crippen molar-refractivity contribution in [1.82, 2.24) is 10.2 Å². The molecule has 1 aromatic carbocycles. The van der Waals surface area contributed by atoms with Crippen LogP contribution >= 0.6 is 0 Å². The molecule has 1 aromatic rings. The number of carboxylic acids is 1. The normalized spacial score (nSPS) is 15.8. The van der Waals surface area contributed by atoms with E-state index in [0.717, 1.165) is 18.4 Å². The Hall–Kier alpha value is -2.08. The minimum absolute atomic E-state index is 0.0389. The SMILES string of the molecule is COC(CNC(=O)N1CCCc2ccccc2C1)C(=O)O. The van der Waals surface area contributed by atoms with Crippen LogP contribution in [0.2, 0.25) is 0 Å². The number of nitrogens with zero attached hydrogens (tertiary/aromatic N) is 1. The Morgan fingerprint density at radius 1 is 1.38 bits per heavy atom. The van der Waals surface area contributed by atoms with Crippen molar-refractivity contribution in [2.75, 3.05) is 20.2 Å². The standard InChI is InChI=1S/C15H20N2O4/c1-21-13(14(18)19)9-16-15(20)17-8-4-7-11-5-2-3-6-12(11)10-17/h2-3,5-6,13H,4,7-10H2,1H3,(H,16,20)(H,18,19). The summed E-state index contributed by atoms with van der Waals surface area (Å²) in [5.74, 6) is -1.08. The van der Waals surface area contributed by atoms with Gasteiger partial charge >= 0.3 is 12.0 Å². The van der Waals surface area contributed by atoms with Crippen molar-refractivity contribution in [3.8, 4) is 0 Å². The fourth-order valence-electron chi connectivity index (χ4n) is 2.44. The molecule has 2 rings (SSSR count). The highest BCUT2D eigenvalue weighted by atomic mass is 16.5. The lowest BCUT2D eigenvalue weighted by molar-refractivity contribution is -0.148. The number of amides is 2. The highest BCUT2D eigenvalue weighted by Gasteiger charge is 2.21. The Bertz CT molecular complexity index is 518. The fourth-order valence-corrected chi connectivity index (χ4v) is 2.44.